The Kier molecular flexibility index (Phi) is 6.45. The Morgan fingerprint density at radius 3 is 2.50 bits per heavy atom. The minimum atomic E-state index is -4.68. The average Bonchev–Trinajstić information content (AvgIpc) is 2.98. The van der Waals surface area contributed by atoms with E-state index in [9.17, 15) is 26.0 Å². The highest BCUT2D eigenvalue weighted by atomic mass is 32.2. The van der Waals surface area contributed by atoms with Crippen molar-refractivity contribution in [1.29, 1.82) is 0 Å². The minimum Gasteiger partial charge on any atom is -0.336 e. The molecule has 0 aliphatic heterocycles. The van der Waals surface area contributed by atoms with Crippen LogP contribution >= 0.6 is 0 Å². The number of hydrogen-bond donors (Lipinski definition) is 1. The van der Waals surface area contributed by atoms with Gasteiger partial charge in [0.05, 0.1) is 22.5 Å². The van der Waals surface area contributed by atoms with Crippen LogP contribution in [0.25, 0.3) is 22.2 Å². The molecule has 0 bridgehead atoms. The highest BCUT2D eigenvalue weighted by Crippen LogP contribution is 2.37. The number of hydrogen-bond acceptors (Lipinski definition) is 4. The molecule has 32 heavy (non-hydrogen) atoms. The van der Waals surface area contributed by atoms with Crippen molar-refractivity contribution < 1.29 is 26.0 Å². The number of nitrogens with zero attached hydrogens (tertiary/aromatic N) is 3. The van der Waals surface area contributed by atoms with E-state index in [-0.39, 0.29) is 29.0 Å². The molecule has 2 aromatic heterocycles. The van der Waals surface area contributed by atoms with E-state index in [2.05, 4.69) is 4.98 Å². The highest BCUT2D eigenvalue weighted by Gasteiger charge is 2.33. The number of pyridine rings is 1. The number of fused-ring (bicyclic) bond motifs is 1. The third kappa shape index (κ3) is 4.41. The van der Waals surface area contributed by atoms with Gasteiger partial charge < -0.3 is 10.3 Å². The molecule has 1 aromatic carbocycles. The van der Waals surface area contributed by atoms with Gasteiger partial charge in [-0.25, -0.2) is 22.1 Å². The van der Waals surface area contributed by atoms with E-state index >= 15 is 0 Å². The Bertz CT molecular complexity index is 1300. The van der Waals surface area contributed by atoms with Crippen LogP contribution in [0.1, 0.15) is 11.4 Å². The SMILES string of the molecule is Cc1c(-c2cccc(S(=O)(=O)N(C)C)c2)c2nc(C(F)(F)F)ccc2n1CC(F)=CCN. The molecule has 0 aliphatic rings. The third-order valence-corrected chi connectivity index (χ3v) is 6.82. The molecule has 172 valence electrons. The molecule has 3 rings (SSSR count). The van der Waals surface area contributed by atoms with Crippen LogP contribution in [0.4, 0.5) is 17.6 Å². The van der Waals surface area contributed by atoms with Crippen molar-refractivity contribution in [3.8, 4) is 11.1 Å². The molecule has 0 aliphatic carbocycles. The van der Waals surface area contributed by atoms with Gasteiger partial charge in [-0.15, -0.1) is 0 Å². The number of halogens is 4. The van der Waals surface area contributed by atoms with Crippen LogP contribution in [-0.4, -0.2) is 42.9 Å². The van der Waals surface area contributed by atoms with E-state index in [1.165, 1.54) is 49.0 Å². The molecule has 0 radical (unpaired) electrons. The summed E-state index contributed by atoms with van der Waals surface area (Å²) in [6.07, 6.45) is -3.50. The zero-order valence-electron chi connectivity index (χ0n) is 17.6. The second kappa shape index (κ2) is 8.64. The van der Waals surface area contributed by atoms with Gasteiger partial charge in [0.2, 0.25) is 10.0 Å². The van der Waals surface area contributed by atoms with Gasteiger partial charge in [0, 0.05) is 31.9 Å². The van der Waals surface area contributed by atoms with Crippen molar-refractivity contribution in [3.63, 3.8) is 0 Å². The molecule has 0 spiro atoms. The van der Waals surface area contributed by atoms with E-state index in [1.54, 1.807) is 13.0 Å². The molecule has 0 saturated carbocycles. The highest BCUT2D eigenvalue weighted by molar-refractivity contribution is 7.89. The van der Waals surface area contributed by atoms with Crippen LogP contribution in [0.5, 0.6) is 0 Å². The molecule has 0 atom stereocenters. The molecule has 0 saturated heterocycles. The normalized spacial score (nSPS) is 13.3. The summed E-state index contributed by atoms with van der Waals surface area (Å²) in [6.45, 7) is 1.34. The van der Waals surface area contributed by atoms with Crippen molar-refractivity contribution >= 4 is 21.1 Å². The number of benzene rings is 1. The molecular weight excluding hydrogens is 448 g/mol. The van der Waals surface area contributed by atoms with Gasteiger partial charge in [-0.05, 0) is 42.8 Å². The van der Waals surface area contributed by atoms with Crippen LogP contribution in [0.3, 0.4) is 0 Å². The first-order valence-corrected chi connectivity index (χ1v) is 11.0. The number of nitrogens with two attached hydrogens (primary N) is 1. The second-order valence-electron chi connectivity index (χ2n) is 7.31. The Morgan fingerprint density at radius 2 is 1.91 bits per heavy atom. The monoisotopic (exact) mass is 470 g/mol. The van der Waals surface area contributed by atoms with Crippen molar-refractivity contribution in [2.75, 3.05) is 20.6 Å². The molecule has 2 heterocycles. The smallest absolute Gasteiger partial charge is 0.336 e. The Hall–Kier alpha value is -2.76. The van der Waals surface area contributed by atoms with Crippen LogP contribution < -0.4 is 5.73 Å². The molecule has 11 heteroatoms. The summed E-state index contributed by atoms with van der Waals surface area (Å²) >= 11 is 0. The Morgan fingerprint density at radius 1 is 1.22 bits per heavy atom. The molecule has 6 nitrogen and oxygen atoms in total. The van der Waals surface area contributed by atoms with Crippen LogP contribution in [-0.2, 0) is 22.7 Å². The van der Waals surface area contributed by atoms with Crippen molar-refractivity contribution in [2.45, 2.75) is 24.5 Å². The van der Waals surface area contributed by atoms with E-state index in [1.807, 2.05) is 0 Å². The van der Waals surface area contributed by atoms with E-state index in [4.69, 9.17) is 5.73 Å². The molecule has 0 unspecified atom stereocenters. The van der Waals surface area contributed by atoms with E-state index in [0.29, 0.717) is 16.8 Å². The topological polar surface area (TPSA) is 81.2 Å². The van der Waals surface area contributed by atoms with E-state index in [0.717, 1.165) is 10.4 Å². The minimum absolute atomic E-state index is 0.00252. The van der Waals surface area contributed by atoms with Crippen molar-refractivity contribution in [3.05, 3.63) is 59.7 Å². The van der Waals surface area contributed by atoms with Gasteiger partial charge in [0.25, 0.3) is 0 Å². The van der Waals surface area contributed by atoms with E-state index < -0.39 is 27.7 Å². The second-order valence-corrected chi connectivity index (χ2v) is 9.46. The van der Waals surface area contributed by atoms with Gasteiger partial charge in [-0.3, -0.25) is 0 Å². The number of allylic oxidation sites excluding steroid dienone is 1. The van der Waals surface area contributed by atoms with Gasteiger partial charge in [0.15, 0.2) is 0 Å². The molecule has 2 N–H and O–H groups in total. The standard InChI is InChI=1S/C21H22F4N4O2S/c1-13-19(14-5-4-6-16(11-14)32(30,31)28(2)3)20-17(29(13)12-15(22)9-10-26)7-8-18(27-20)21(23,24)25/h4-9,11H,10,12,26H2,1-3H3. The molecule has 0 fully saturated rings. The van der Waals surface area contributed by atoms with Gasteiger partial charge >= 0.3 is 6.18 Å². The summed E-state index contributed by atoms with van der Waals surface area (Å²) < 4.78 is 81.9. The maximum atomic E-state index is 14.3. The number of aromatic nitrogens is 2. The number of sulfonamides is 1. The summed E-state index contributed by atoms with van der Waals surface area (Å²) in [4.78, 5) is 3.79. The summed E-state index contributed by atoms with van der Waals surface area (Å²) in [5.74, 6) is -0.553. The molecule has 3 aromatic rings. The lowest BCUT2D eigenvalue weighted by atomic mass is 10.0. The lowest BCUT2D eigenvalue weighted by Gasteiger charge is -2.13. The Labute approximate surface area is 183 Å². The predicted molar refractivity (Wildman–Crippen MR) is 114 cm³/mol. The van der Waals surface area contributed by atoms with Gasteiger partial charge in [-0.1, -0.05) is 12.1 Å². The summed E-state index contributed by atoms with van der Waals surface area (Å²) in [5.41, 5.74) is 5.62. The van der Waals surface area contributed by atoms with Crippen LogP contribution in [0.15, 0.2) is 53.2 Å². The third-order valence-electron chi connectivity index (χ3n) is 5.01. The fourth-order valence-corrected chi connectivity index (χ4v) is 4.36. The first-order chi connectivity index (χ1) is 14.9. The summed E-state index contributed by atoms with van der Waals surface area (Å²) in [5, 5.41) is 0. The number of alkyl halides is 3. The lowest BCUT2D eigenvalue weighted by Crippen LogP contribution is -2.22. The number of rotatable bonds is 6. The lowest BCUT2D eigenvalue weighted by molar-refractivity contribution is -0.140. The quantitative estimate of drug-likeness (QED) is 0.550. The summed E-state index contributed by atoms with van der Waals surface area (Å²) in [7, 11) is -1.03. The van der Waals surface area contributed by atoms with Crippen molar-refractivity contribution in [1.82, 2.24) is 13.9 Å². The zero-order chi connectivity index (χ0) is 23.8. The largest absolute Gasteiger partial charge is 0.433 e. The predicted octanol–water partition coefficient (Wildman–Crippen LogP) is 4.09. The van der Waals surface area contributed by atoms with Gasteiger partial charge in [-0.2, -0.15) is 13.2 Å². The fraction of sp³-hybridized carbons (Fsp3) is 0.286. The maximum absolute atomic E-state index is 14.3. The molecule has 0 amide bonds. The maximum Gasteiger partial charge on any atom is 0.433 e. The van der Waals surface area contributed by atoms with Crippen LogP contribution in [0.2, 0.25) is 0 Å². The van der Waals surface area contributed by atoms with Gasteiger partial charge in [0.1, 0.15) is 11.5 Å². The van der Waals surface area contributed by atoms with Crippen molar-refractivity contribution in [2.24, 2.45) is 5.73 Å². The summed E-state index contributed by atoms with van der Waals surface area (Å²) in [6, 6.07) is 7.91. The average molecular weight is 470 g/mol. The zero-order valence-corrected chi connectivity index (χ0v) is 18.4. The Balaban J connectivity index is 2.33. The molecular formula is C21H22F4N4O2S. The first-order valence-electron chi connectivity index (χ1n) is 9.52. The first kappa shape index (κ1) is 23.9. The fourth-order valence-electron chi connectivity index (χ4n) is 3.41. The van der Waals surface area contributed by atoms with Crippen LogP contribution in [0, 0.1) is 6.92 Å².